The molecule has 2 aliphatic rings. The molecule has 6 rings (SSSR count). The van der Waals surface area contributed by atoms with Crippen molar-refractivity contribution in [2.75, 3.05) is 16.4 Å². The summed E-state index contributed by atoms with van der Waals surface area (Å²) in [4.78, 5) is 19.2. The molecule has 206 valence electrons. The van der Waals surface area contributed by atoms with Gasteiger partial charge in [0.1, 0.15) is 5.69 Å². The fourth-order valence-corrected chi connectivity index (χ4v) is 4.75. The van der Waals surface area contributed by atoms with E-state index in [1.807, 2.05) is 54.6 Å². The van der Waals surface area contributed by atoms with Gasteiger partial charge in [0.05, 0.1) is 16.3 Å². The van der Waals surface area contributed by atoms with Crippen LogP contribution in [0.5, 0.6) is 0 Å². The highest BCUT2D eigenvalue weighted by Crippen LogP contribution is 2.43. The normalized spacial score (nSPS) is 14.2. The maximum absolute atomic E-state index is 11.2. The van der Waals surface area contributed by atoms with Gasteiger partial charge in [-0.05, 0) is 48.9 Å². The summed E-state index contributed by atoms with van der Waals surface area (Å²) in [6.07, 6.45) is 4.54. The van der Waals surface area contributed by atoms with Crippen LogP contribution in [0, 0.1) is 10.1 Å². The minimum atomic E-state index is -0.487. The van der Waals surface area contributed by atoms with Crippen molar-refractivity contribution >= 4 is 46.0 Å². The van der Waals surface area contributed by atoms with Crippen LogP contribution < -0.4 is 16.4 Å². The average molecular weight is 578 g/mol. The van der Waals surface area contributed by atoms with E-state index in [9.17, 15) is 10.1 Å². The first kappa shape index (κ1) is 27.7. The van der Waals surface area contributed by atoms with Gasteiger partial charge in [-0.3, -0.25) is 10.1 Å². The summed E-state index contributed by atoms with van der Waals surface area (Å²) in [7, 11) is 0. The molecule has 4 aromatic rings. The Bertz CT molecular complexity index is 1480. The molecule has 2 heterocycles. The molecule has 2 fully saturated rings. The van der Waals surface area contributed by atoms with Gasteiger partial charge in [-0.1, -0.05) is 83.9 Å². The average Bonchev–Trinajstić information content (AvgIpc) is 3.87. The van der Waals surface area contributed by atoms with Gasteiger partial charge < -0.3 is 16.4 Å². The number of aromatic nitrogens is 2. The smallest absolute Gasteiger partial charge is 0.329 e. The predicted octanol–water partition coefficient (Wildman–Crippen LogP) is 7.94. The number of hydrogen-bond donors (Lipinski definition) is 3. The van der Waals surface area contributed by atoms with Crippen LogP contribution in [0.1, 0.15) is 60.0 Å². The highest BCUT2D eigenvalue weighted by Gasteiger charge is 2.30. The number of benzene rings is 2. The first-order valence-electron chi connectivity index (χ1n) is 13.3. The molecule has 0 aliphatic heterocycles. The Hall–Kier alpha value is -3.88. The molecule has 4 N–H and O–H groups in total. The largest absolute Gasteiger partial charge is 0.395 e. The molecule has 0 unspecified atom stereocenters. The Kier molecular flexibility index (Phi) is 8.67. The molecule has 2 aromatic carbocycles. The summed E-state index contributed by atoms with van der Waals surface area (Å²) in [6, 6.07) is 23.7. The van der Waals surface area contributed by atoms with Crippen LogP contribution in [-0.4, -0.2) is 14.9 Å². The topological polar surface area (TPSA) is 119 Å². The number of nitrogens with zero attached hydrogens (tertiary/aromatic N) is 3. The molecule has 10 heteroatoms. The van der Waals surface area contributed by atoms with E-state index in [-0.39, 0.29) is 10.8 Å². The Balaban J connectivity index is 0.000000162. The minimum absolute atomic E-state index is 0.0417. The third kappa shape index (κ3) is 7.20. The number of hydrogen-bond acceptors (Lipinski definition) is 7. The number of pyridine rings is 2. The van der Waals surface area contributed by atoms with E-state index >= 15 is 0 Å². The van der Waals surface area contributed by atoms with Gasteiger partial charge in [0.2, 0.25) is 5.15 Å². The van der Waals surface area contributed by atoms with E-state index in [2.05, 4.69) is 32.7 Å². The standard InChI is InChI=1S/C15H14ClN3O2.C15H16ClN3/c16-15-14(19(20)21)13(8-12(18-15)11-6-7-11)17-9-10-4-2-1-3-5-10;16-15-14(17)13(8-12(19-15)11-6-7-11)18-9-10-4-2-1-3-5-10/h1-5,8,11H,6-7,9H2,(H,17,18);1-5,8,11H,6-7,9,17H2,(H,18,19). The van der Waals surface area contributed by atoms with Gasteiger partial charge in [-0.2, -0.15) is 0 Å². The number of nitrogen functional groups attached to an aromatic ring is 1. The summed E-state index contributed by atoms with van der Waals surface area (Å²) in [5, 5.41) is 18.0. The van der Waals surface area contributed by atoms with Crippen LogP contribution in [0.15, 0.2) is 72.8 Å². The lowest BCUT2D eigenvalue weighted by molar-refractivity contribution is -0.384. The van der Waals surface area contributed by atoms with E-state index < -0.39 is 4.92 Å². The molecule has 40 heavy (non-hydrogen) atoms. The third-order valence-electron chi connectivity index (χ3n) is 6.83. The van der Waals surface area contributed by atoms with E-state index in [0.717, 1.165) is 42.0 Å². The van der Waals surface area contributed by atoms with E-state index in [4.69, 9.17) is 28.9 Å². The van der Waals surface area contributed by atoms with Crippen molar-refractivity contribution in [3.05, 3.63) is 116 Å². The molecule has 8 nitrogen and oxygen atoms in total. The zero-order chi connectivity index (χ0) is 28.1. The zero-order valence-corrected chi connectivity index (χ0v) is 23.3. The van der Waals surface area contributed by atoms with Crippen molar-refractivity contribution < 1.29 is 4.92 Å². The quantitative estimate of drug-likeness (QED) is 0.105. The summed E-state index contributed by atoms with van der Waals surface area (Å²) in [5.74, 6) is 0.955. The van der Waals surface area contributed by atoms with Crippen molar-refractivity contribution in [1.82, 2.24) is 9.97 Å². The van der Waals surface area contributed by atoms with E-state index in [1.54, 1.807) is 6.07 Å². The maximum Gasteiger partial charge on any atom is 0.329 e. The van der Waals surface area contributed by atoms with Gasteiger partial charge in [0.25, 0.3) is 0 Å². The van der Waals surface area contributed by atoms with Crippen LogP contribution in [0.25, 0.3) is 0 Å². The lowest BCUT2D eigenvalue weighted by Crippen LogP contribution is -2.05. The van der Waals surface area contributed by atoms with Crippen LogP contribution in [-0.2, 0) is 13.1 Å². The predicted molar refractivity (Wildman–Crippen MR) is 161 cm³/mol. The molecular weight excluding hydrogens is 547 g/mol. The minimum Gasteiger partial charge on any atom is -0.395 e. The molecule has 2 aliphatic carbocycles. The van der Waals surface area contributed by atoms with Gasteiger partial charge in [0.15, 0.2) is 5.15 Å². The second-order valence-corrected chi connectivity index (χ2v) is 10.7. The van der Waals surface area contributed by atoms with Crippen LogP contribution >= 0.6 is 23.2 Å². The molecule has 2 saturated carbocycles. The summed E-state index contributed by atoms with van der Waals surface area (Å²) in [6.45, 7) is 1.24. The maximum atomic E-state index is 11.2. The first-order chi connectivity index (χ1) is 19.4. The Morgan fingerprint density at radius 2 is 1.23 bits per heavy atom. The summed E-state index contributed by atoms with van der Waals surface area (Å²) in [5.41, 5.74) is 11.8. The van der Waals surface area contributed by atoms with E-state index in [1.165, 1.54) is 18.4 Å². The van der Waals surface area contributed by atoms with Crippen molar-refractivity contribution in [2.24, 2.45) is 0 Å². The SMILES string of the molecule is Nc1c(NCc2ccccc2)cc(C2CC2)nc1Cl.O=[N+]([O-])c1c(NCc2ccccc2)cc(C2CC2)nc1Cl. The third-order valence-corrected chi connectivity index (χ3v) is 7.38. The van der Waals surface area contributed by atoms with Crippen molar-refractivity contribution in [1.29, 1.82) is 0 Å². The Labute approximate surface area is 243 Å². The number of nitro groups is 1. The van der Waals surface area contributed by atoms with Crippen LogP contribution in [0.3, 0.4) is 0 Å². The molecule has 0 saturated heterocycles. The fraction of sp³-hybridized carbons (Fsp3) is 0.267. The highest BCUT2D eigenvalue weighted by molar-refractivity contribution is 6.32. The van der Waals surface area contributed by atoms with Gasteiger partial charge in [0, 0.05) is 36.3 Å². The van der Waals surface area contributed by atoms with Gasteiger partial charge >= 0.3 is 5.69 Å². The zero-order valence-electron chi connectivity index (χ0n) is 21.8. The Morgan fingerprint density at radius 3 is 1.70 bits per heavy atom. The number of halogens is 2. The van der Waals surface area contributed by atoms with E-state index in [0.29, 0.717) is 34.9 Å². The van der Waals surface area contributed by atoms with Gasteiger partial charge in [-0.15, -0.1) is 0 Å². The molecule has 2 aromatic heterocycles. The second kappa shape index (κ2) is 12.5. The van der Waals surface area contributed by atoms with Crippen molar-refractivity contribution in [2.45, 2.75) is 50.6 Å². The molecular formula is C30H30Cl2N6O2. The summed E-state index contributed by atoms with van der Waals surface area (Å²) < 4.78 is 0. The van der Waals surface area contributed by atoms with Gasteiger partial charge in [-0.25, -0.2) is 9.97 Å². The van der Waals surface area contributed by atoms with Crippen molar-refractivity contribution in [3.63, 3.8) is 0 Å². The van der Waals surface area contributed by atoms with Crippen molar-refractivity contribution in [3.8, 4) is 0 Å². The lowest BCUT2D eigenvalue weighted by atomic mass is 10.2. The first-order valence-corrected chi connectivity index (χ1v) is 14.0. The number of nitrogens with one attached hydrogen (secondary N) is 2. The second-order valence-electron chi connectivity index (χ2n) is 10.0. The summed E-state index contributed by atoms with van der Waals surface area (Å²) >= 11 is 12.1. The molecule has 0 radical (unpaired) electrons. The lowest BCUT2D eigenvalue weighted by Gasteiger charge is -2.12. The molecule has 0 spiro atoms. The Morgan fingerprint density at radius 1 is 0.775 bits per heavy atom. The molecule has 0 bridgehead atoms. The van der Waals surface area contributed by atoms with Crippen LogP contribution in [0.4, 0.5) is 22.7 Å². The highest BCUT2D eigenvalue weighted by atomic mass is 35.5. The number of anilines is 3. The molecule has 0 atom stereocenters. The molecule has 0 amide bonds. The number of nitrogens with two attached hydrogens (primary N) is 1. The monoisotopic (exact) mass is 576 g/mol. The fourth-order valence-electron chi connectivity index (χ4n) is 4.29. The number of rotatable bonds is 9. The van der Waals surface area contributed by atoms with Crippen LogP contribution in [0.2, 0.25) is 10.3 Å².